The standard InChI is InChI=1S/C15H21BO4/c1-4-18-14(17)9-8-12-6-5-7-13(10-12)16-19-11-15(2,3)20-16/h5-7,10H,4,8-9,11H2,1-3H3. The van der Waals surface area contributed by atoms with Gasteiger partial charge in [-0.25, -0.2) is 0 Å². The fraction of sp³-hybridized carbons (Fsp3) is 0.533. The third kappa shape index (κ3) is 4.08. The fourth-order valence-electron chi connectivity index (χ4n) is 2.17. The van der Waals surface area contributed by atoms with E-state index in [9.17, 15) is 4.79 Å². The van der Waals surface area contributed by atoms with Crippen LogP contribution < -0.4 is 5.46 Å². The molecule has 0 atom stereocenters. The predicted octanol–water partition coefficient (Wildman–Crippen LogP) is 1.70. The Hall–Kier alpha value is -1.33. The first kappa shape index (κ1) is 15.1. The first-order valence-corrected chi connectivity index (χ1v) is 7.04. The molecule has 1 aromatic carbocycles. The summed E-state index contributed by atoms with van der Waals surface area (Å²) in [7, 11) is -0.312. The largest absolute Gasteiger partial charge is 0.494 e. The minimum atomic E-state index is -0.312. The summed E-state index contributed by atoms with van der Waals surface area (Å²) in [5, 5.41) is 0. The van der Waals surface area contributed by atoms with Gasteiger partial charge in [-0.2, -0.15) is 0 Å². The molecular weight excluding hydrogens is 255 g/mol. The van der Waals surface area contributed by atoms with Gasteiger partial charge in [0.2, 0.25) is 0 Å². The lowest BCUT2D eigenvalue weighted by Crippen LogP contribution is -2.34. The summed E-state index contributed by atoms with van der Waals surface area (Å²) in [6.45, 7) is 6.85. The molecule has 0 aliphatic carbocycles. The van der Waals surface area contributed by atoms with Crippen LogP contribution in [0.25, 0.3) is 0 Å². The van der Waals surface area contributed by atoms with Crippen LogP contribution in [0.2, 0.25) is 0 Å². The minimum Gasteiger partial charge on any atom is -0.466 e. The maximum absolute atomic E-state index is 11.4. The van der Waals surface area contributed by atoms with Crippen LogP contribution in [0, 0.1) is 0 Å². The van der Waals surface area contributed by atoms with Gasteiger partial charge in [0.05, 0.1) is 18.8 Å². The molecule has 0 spiro atoms. The maximum Gasteiger partial charge on any atom is 0.494 e. The molecule has 0 amide bonds. The second-order valence-electron chi connectivity index (χ2n) is 5.57. The van der Waals surface area contributed by atoms with Crippen molar-refractivity contribution in [1.29, 1.82) is 0 Å². The lowest BCUT2D eigenvalue weighted by molar-refractivity contribution is -0.143. The molecule has 1 aromatic rings. The molecule has 1 saturated heterocycles. The molecule has 1 aliphatic rings. The maximum atomic E-state index is 11.4. The Labute approximate surface area is 120 Å². The van der Waals surface area contributed by atoms with Gasteiger partial charge in [0.15, 0.2) is 0 Å². The van der Waals surface area contributed by atoms with Crippen LogP contribution in [0.1, 0.15) is 32.8 Å². The van der Waals surface area contributed by atoms with Crippen LogP contribution in [-0.2, 0) is 25.3 Å². The van der Waals surface area contributed by atoms with E-state index in [2.05, 4.69) is 0 Å². The van der Waals surface area contributed by atoms with E-state index in [0.717, 1.165) is 11.0 Å². The van der Waals surface area contributed by atoms with Crippen molar-refractivity contribution in [3.8, 4) is 0 Å². The Kier molecular flexibility index (Phi) is 4.84. The minimum absolute atomic E-state index is 0.160. The smallest absolute Gasteiger partial charge is 0.466 e. The van der Waals surface area contributed by atoms with Gasteiger partial charge in [-0.05, 0) is 38.2 Å². The number of rotatable bonds is 5. The van der Waals surface area contributed by atoms with Gasteiger partial charge in [-0.15, -0.1) is 0 Å². The molecule has 0 aromatic heterocycles. The van der Waals surface area contributed by atoms with Crippen LogP contribution in [0.15, 0.2) is 24.3 Å². The summed E-state index contributed by atoms with van der Waals surface area (Å²) in [6, 6.07) is 7.99. The van der Waals surface area contributed by atoms with E-state index in [-0.39, 0.29) is 18.7 Å². The van der Waals surface area contributed by atoms with Crippen LogP contribution in [0.4, 0.5) is 0 Å². The molecule has 20 heavy (non-hydrogen) atoms. The lowest BCUT2D eigenvalue weighted by atomic mass is 9.78. The summed E-state index contributed by atoms with van der Waals surface area (Å²) >= 11 is 0. The van der Waals surface area contributed by atoms with Crippen molar-refractivity contribution in [3.63, 3.8) is 0 Å². The molecule has 1 heterocycles. The number of esters is 1. The Morgan fingerprint density at radius 3 is 2.90 bits per heavy atom. The summed E-state index contributed by atoms with van der Waals surface area (Å²) in [5.41, 5.74) is 1.84. The summed E-state index contributed by atoms with van der Waals surface area (Å²) < 4.78 is 16.4. The van der Waals surface area contributed by atoms with Crippen molar-refractivity contribution >= 4 is 18.6 Å². The van der Waals surface area contributed by atoms with Crippen molar-refractivity contribution in [3.05, 3.63) is 29.8 Å². The molecule has 0 radical (unpaired) electrons. The topological polar surface area (TPSA) is 44.8 Å². The van der Waals surface area contributed by atoms with Gasteiger partial charge < -0.3 is 14.0 Å². The van der Waals surface area contributed by atoms with E-state index in [4.69, 9.17) is 14.0 Å². The van der Waals surface area contributed by atoms with Gasteiger partial charge in [0.1, 0.15) is 0 Å². The van der Waals surface area contributed by atoms with Crippen LogP contribution >= 0.6 is 0 Å². The molecule has 0 bridgehead atoms. The summed E-state index contributed by atoms with van der Waals surface area (Å²) in [5.74, 6) is -0.160. The highest BCUT2D eigenvalue weighted by molar-refractivity contribution is 6.61. The molecule has 4 nitrogen and oxygen atoms in total. The second kappa shape index (κ2) is 6.42. The number of hydrogen-bond acceptors (Lipinski definition) is 4. The number of carbonyl (C=O) groups excluding carboxylic acids is 1. The zero-order valence-corrected chi connectivity index (χ0v) is 12.3. The van der Waals surface area contributed by atoms with Crippen molar-refractivity contribution in [2.75, 3.05) is 13.2 Å². The number of aryl methyl sites for hydroxylation is 1. The molecule has 1 aliphatic heterocycles. The van der Waals surface area contributed by atoms with Gasteiger partial charge in [0, 0.05) is 6.42 Å². The van der Waals surface area contributed by atoms with Crippen molar-refractivity contribution in [1.82, 2.24) is 0 Å². The quantitative estimate of drug-likeness (QED) is 0.606. The van der Waals surface area contributed by atoms with Crippen LogP contribution in [0.3, 0.4) is 0 Å². The monoisotopic (exact) mass is 276 g/mol. The normalized spacial score (nSPS) is 17.2. The van der Waals surface area contributed by atoms with Gasteiger partial charge in [-0.1, -0.05) is 24.3 Å². The van der Waals surface area contributed by atoms with E-state index < -0.39 is 0 Å². The van der Waals surface area contributed by atoms with E-state index in [0.29, 0.717) is 26.1 Å². The number of benzene rings is 1. The number of ether oxygens (including phenoxy) is 1. The van der Waals surface area contributed by atoms with E-state index in [1.54, 1.807) is 0 Å². The first-order valence-electron chi connectivity index (χ1n) is 7.04. The average molecular weight is 276 g/mol. The van der Waals surface area contributed by atoms with Gasteiger partial charge in [0.25, 0.3) is 0 Å². The lowest BCUT2D eigenvalue weighted by Gasteiger charge is -2.15. The van der Waals surface area contributed by atoms with E-state index in [1.807, 2.05) is 45.0 Å². The number of hydrogen-bond donors (Lipinski definition) is 0. The fourth-order valence-corrected chi connectivity index (χ4v) is 2.17. The molecule has 108 valence electrons. The predicted molar refractivity (Wildman–Crippen MR) is 77.9 cm³/mol. The van der Waals surface area contributed by atoms with Crippen molar-refractivity contribution < 1.29 is 18.8 Å². The highest BCUT2D eigenvalue weighted by Crippen LogP contribution is 2.19. The molecule has 0 unspecified atom stereocenters. The second-order valence-corrected chi connectivity index (χ2v) is 5.57. The van der Waals surface area contributed by atoms with Crippen molar-refractivity contribution in [2.24, 2.45) is 0 Å². The van der Waals surface area contributed by atoms with E-state index >= 15 is 0 Å². The Morgan fingerprint density at radius 1 is 1.45 bits per heavy atom. The summed E-state index contributed by atoms with van der Waals surface area (Å²) in [6.07, 6.45) is 1.07. The SMILES string of the molecule is CCOC(=O)CCc1cccc(B2OCC(C)(C)O2)c1. The van der Waals surface area contributed by atoms with E-state index in [1.165, 1.54) is 0 Å². The number of carbonyl (C=O) groups is 1. The van der Waals surface area contributed by atoms with Gasteiger partial charge >= 0.3 is 13.1 Å². The highest BCUT2D eigenvalue weighted by atomic mass is 16.7. The van der Waals surface area contributed by atoms with Crippen LogP contribution in [-0.4, -0.2) is 31.9 Å². The molecule has 5 heteroatoms. The third-order valence-electron chi connectivity index (χ3n) is 3.15. The zero-order chi connectivity index (χ0) is 14.6. The first-order chi connectivity index (χ1) is 9.50. The molecule has 1 fully saturated rings. The van der Waals surface area contributed by atoms with Crippen LogP contribution in [0.5, 0.6) is 0 Å². The molecular formula is C15H21BO4. The Bertz CT molecular complexity index is 473. The van der Waals surface area contributed by atoms with Gasteiger partial charge in [-0.3, -0.25) is 4.79 Å². The molecule has 0 saturated carbocycles. The molecule has 0 N–H and O–H groups in total. The Balaban J connectivity index is 1.96. The average Bonchev–Trinajstić information content (AvgIpc) is 2.78. The highest BCUT2D eigenvalue weighted by Gasteiger charge is 2.38. The molecule has 2 rings (SSSR count). The third-order valence-corrected chi connectivity index (χ3v) is 3.15. The summed E-state index contributed by atoms with van der Waals surface area (Å²) in [4.78, 5) is 11.4. The van der Waals surface area contributed by atoms with Crippen molar-refractivity contribution in [2.45, 2.75) is 39.2 Å². The zero-order valence-electron chi connectivity index (χ0n) is 12.3. The Morgan fingerprint density at radius 2 is 2.25 bits per heavy atom.